The minimum absolute atomic E-state index is 0.00160. The molecule has 0 saturated carbocycles. The molecule has 0 spiro atoms. The van der Waals surface area contributed by atoms with Crippen molar-refractivity contribution in [3.8, 4) is 11.4 Å². The molecule has 2 aliphatic heterocycles. The van der Waals surface area contributed by atoms with Crippen LogP contribution in [-0.2, 0) is 0 Å². The van der Waals surface area contributed by atoms with Crippen LogP contribution in [0.2, 0.25) is 0 Å². The van der Waals surface area contributed by atoms with Crippen LogP contribution in [0.1, 0.15) is 62.4 Å². The number of hydrogen-bond acceptors (Lipinski definition) is 5. The molecule has 0 radical (unpaired) electrons. The molecule has 2 aromatic rings. The lowest BCUT2D eigenvalue weighted by Crippen LogP contribution is -2.51. The predicted octanol–water partition coefficient (Wildman–Crippen LogP) is 2.92. The van der Waals surface area contributed by atoms with E-state index < -0.39 is 0 Å². The van der Waals surface area contributed by atoms with Crippen molar-refractivity contribution >= 4 is 5.91 Å². The first kappa shape index (κ1) is 19.1. The second-order valence-electron chi connectivity index (χ2n) is 8.32. The van der Waals surface area contributed by atoms with E-state index in [2.05, 4.69) is 25.6 Å². The van der Waals surface area contributed by atoms with Crippen LogP contribution in [0, 0.1) is 5.92 Å². The molecule has 2 atom stereocenters. The Kier molecular flexibility index (Phi) is 5.71. The molecule has 1 N–H and O–H groups in total. The molecule has 2 fully saturated rings. The van der Waals surface area contributed by atoms with Gasteiger partial charge in [-0.3, -0.25) is 4.79 Å². The molecule has 0 aliphatic carbocycles. The highest BCUT2D eigenvalue weighted by atomic mass is 16.1. The average Bonchev–Trinajstić information content (AvgIpc) is 3.23. The maximum absolute atomic E-state index is 12.6. The van der Waals surface area contributed by atoms with Crippen LogP contribution in [0.3, 0.4) is 0 Å². The van der Waals surface area contributed by atoms with Crippen LogP contribution in [0.25, 0.3) is 11.4 Å². The Morgan fingerprint density at radius 3 is 2.68 bits per heavy atom. The number of nitrogens with one attached hydrogen (secondary N) is 1. The molecule has 7 heteroatoms. The van der Waals surface area contributed by atoms with Gasteiger partial charge in [-0.2, -0.15) is 4.80 Å². The van der Waals surface area contributed by atoms with E-state index in [0.29, 0.717) is 23.3 Å². The van der Waals surface area contributed by atoms with Crippen molar-refractivity contribution in [2.24, 2.45) is 5.92 Å². The number of benzene rings is 1. The van der Waals surface area contributed by atoms with E-state index in [1.807, 2.05) is 38.1 Å². The minimum atomic E-state index is -0.00160. The van der Waals surface area contributed by atoms with Crippen molar-refractivity contribution in [3.05, 3.63) is 29.8 Å². The van der Waals surface area contributed by atoms with Crippen molar-refractivity contribution < 1.29 is 4.79 Å². The second kappa shape index (κ2) is 8.39. The molecule has 28 heavy (non-hydrogen) atoms. The van der Waals surface area contributed by atoms with Gasteiger partial charge in [0.1, 0.15) is 0 Å². The summed E-state index contributed by atoms with van der Waals surface area (Å²) in [4.78, 5) is 16.8. The molecule has 1 amide bonds. The first-order chi connectivity index (χ1) is 13.6. The summed E-state index contributed by atoms with van der Waals surface area (Å²) in [5, 5.41) is 15.7. The van der Waals surface area contributed by atoms with Gasteiger partial charge in [0.05, 0.1) is 6.04 Å². The zero-order valence-corrected chi connectivity index (χ0v) is 16.8. The lowest BCUT2D eigenvalue weighted by atomic mass is 9.83. The Morgan fingerprint density at radius 1 is 1.14 bits per heavy atom. The Bertz CT molecular complexity index is 797. The van der Waals surface area contributed by atoms with Gasteiger partial charge in [-0.1, -0.05) is 18.6 Å². The molecule has 1 aromatic heterocycles. The molecule has 0 bridgehead atoms. The molecule has 2 saturated heterocycles. The van der Waals surface area contributed by atoms with E-state index in [0.717, 1.165) is 12.1 Å². The number of fused-ring (bicyclic) bond motifs is 1. The average molecular weight is 383 g/mol. The molecular weight excluding hydrogens is 352 g/mol. The molecular formula is C21H30N6O. The number of amides is 1. The van der Waals surface area contributed by atoms with E-state index in [1.165, 1.54) is 45.2 Å². The maximum Gasteiger partial charge on any atom is 0.251 e. The highest BCUT2D eigenvalue weighted by Gasteiger charge is 2.32. The van der Waals surface area contributed by atoms with Gasteiger partial charge in [-0.15, -0.1) is 10.2 Å². The number of hydrogen-bond donors (Lipinski definition) is 1. The van der Waals surface area contributed by atoms with Gasteiger partial charge in [0.2, 0.25) is 5.82 Å². The summed E-state index contributed by atoms with van der Waals surface area (Å²) in [7, 11) is 0. The largest absolute Gasteiger partial charge is 0.352 e. The van der Waals surface area contributed by atoms with E-state index in [1.54, 1.807) is 4.80 Å². The summed E-state index contributed by atoms with van der Waals surface area (Å²) in [6, 6.07) is 8.29. The summed E-state index contributed by atoms with van der Waals surface area (Å²) >= 11 is 0. The molecule has 3 heterocycles. The standard InChI is InChI=1S/C21H30N6O/c1-15(2)27-24-20(23-25-27)16-8-10-17(11-9-16)21(28)22-14-18-6-5-13-26-12-4-3-7-19(18)26/h8-11,15,18-19H,3-7,12-14H2,1-2H3,(H,22,28)/t18-,19+/m0/s1. The van der Waals surface area contributed by atoms with Gasteiger partial charge in [-0.25, -0.2) is 0 Å². The fraction of sp³-hybridized carbons (Fsp3) is 0.619. The number of carbonyl (C=O) groups is 1. The van der Waals surface area contributed by atoms with Crippen LogP contribution >= 0.6 is 0 Å². The summed E-state index contributed by atoms with van der Waals surface area (Å²) in [6.45, 7) is 7.25. The number of tetrazole rings is 1. The summed E-state index contributed by atoms with van der Waals surface area (Å²) in [5.74, 6) is 1.16. The van der Waals surface area contributed by atoms with E-state index in [9.17, 15) is 4.79 Å². The summed E-state index contributed by atoms with van der Waals surface area (Å²) in [6.07, 6.45) is 6.39. The van der Waals surface area contributed by atoms with Gasteiger partial charge in [0, 0.05) is 23.7 Å². The zero-order valence-electron chi connectivity index (χ0n) is 16.8. The smallest absolute Gasteiger partial charge is 0.251 e. The third-order valence-electron chi connectivity index (χ3n) is 6.05. The Balaban J connectivity index is 1.35. The van der Waals surface area contributed by atoms with Crippen molar-refractivity contribution in [2.75, 3.05) is 19.6 Å². The van der Waals surface area contributed by atoms with Crippen LogP contribution < -0.4 is 5.32 Å². The maximum atomic E-state index is 12.6. The topological polar surface area (TPSA) is 75.9 Å². The van der Waals surface area contributed by atoms with E-state index in [-0.39, 0.29) is 11.9 Å². The molecule has 150 valence electrons. The first-order valence-electron chi connectivity index (χ1n) is 10.5. The molecule has 1 aromatic carbocycles. The fourth-order valence-electron chi connectivity index (χ4n) is 4.47. The molecule has 4 rings (SSSR count). The van der Waals surface area contributed by atoms with Gasteiger partial charge < -0.3 is 10.2 Å². The van der Waals surface area contributed by atoms with Crippen LogP contribution in [0.5, 0.6) is 0 Å². The van der Waals surface area contributed by atoms with Crippen LogP contribution in [0.15, 0.2) is 24.3 Å². The van der Waals surface area contributed by atoms with Gasteiger partial charge in [-0.05, 0) is 75.9 Å². The monoisotopic (exact) mass is 382 g/mol. The fourth-order valence-corrected chi connectivity index (χ4v) is 4.47. The Labute approximate surface area is 166 Å². The quantitative estimate of drug-likeness (QED) is 0.860. The molecule has 2 aliphatic rings. The molecule has 0 unspecified atom stereocenters. The van der Waals surface area contributed by atoms with Gasteiger partial charge in [0.15, 0.2) is 0 Å². The van der Waals surface area contributed by atoms with Gasteiger partial charge >= 0.3 is 0 Å². The predicted molar refractivity (Wildman–Crippen MR) is 108 cm³/mol. The number of nitrogens with zero attached hydrogens (tertiary/aromatic N) is 5. The lowest BCUT2D eigenvalue weighted by Gasteiger charge is -2.44. The van der Waals surface area contributed by atoms with E-state index >= 15 is 0 Å². The number of aromatic nitrogens is 4. The summed E-state index contributed by atoms with van der Waals surface area (Å²) in [5.41, 5.74) is 1.55. The van der Waals surface area contributed by atoms with E-state index in [4.69, 9.17) is 0 Å². The highest BCUT2D eigenvalue weighted by Crippen LogP contribution is 2.30. The molecule has 7 nitrogen and oxygen atoms in total. The number of carbonyl (C=O) groups excluding carboxylic acids is 1. The van der Waals surface area contributed by atoms with Crippen molar-refractivity contribution in [2.45, 2.75) is 58.0 Å². The Morgan fingerprint density at radius 2 is 1.93 bits per heavy atom. The Hall–Kier alpha value is -2.28. The third kappa shape index (κ3) is 4.09. The second-order valence-corrected chi connectivity index (χ2v) is 8.32. The third-order valence-corrected chi connectivity index (χ3v) is 6.05. The normalized spacial score (nSPS) is 22.8. The van der Waals surface area contributed by atoms with Gasteiger partial charge in [0.25, 0.3) is 5.91 Å². The SMILES string of the molecule is CC(C)n1nnc(-c2ccc(C(=O)NC[C@@H]3CCCN4CCCC[C@H]34)cc2)n1. The van der Waals surface area contributed by atoms with Crippen LogP contribution in [-0.4, -0.2) is 56.7 Å². The minimum Gasteiger partial charge on any atom is -0.352 e. The number of rotatable bonds is 5. The van der Waals surface area contributed by atoms with Crippen LogP contribution in [0.4, 0.5) is 0 Å². The van der Waals surface area contributed by atoms with Crippen molar-refractivity contribution in [3.63, 3.8) is 0 Å². The lowest BCUT2D eigenvalue weighted by molar-refractivity contribution is 0.0575. The highest BCUT2D eigenvalue weighted by molar-refractivity contribution is 5.94. The van der Waals surface area contributed by atoms with Crippen molar-refractivity contribution in [1.82, 2.24) is 30.4 Å². The van der Waals surface area contributed by atoms with Crippen molar-refractivity contribution in [1.29, 1.82) is 0 Å². The first-order valence-corrected chi connectivity index (χ1v) is 10.5. The number of piperidine rings is 2. The summed E-state index contributed by atoms with van der Waals surface area (Å²) < 4.78 is 0. The zero-order chi connectivity index (χ0) is 19.5.